The van der Waals surface area contributed by atoms with Crippen LogP contribution >= 0.6 is 0 Å². The summed E-state index contributed by atoms with van der Waals surface area (Å²) in [6.07, 6.45) is 1.71. The van der Waals surface area contributed by atoms with E-state index in [1.165, 1.54) is 0 Å². The van der Waals surface area contributed by atoms with Crippen molar-refractivity contribution in [3.8, 4) is 5.75 Å². The molecule has 0 radical (unpaired) electrons. The normalized spacial score (nSPS) is 24.1. The van der Waals surface area contributed by atoms with Gasteiger partial charge in [-0.1, -0.05) is 12.1 Å². The SMILES string of the molecule is CCOC(=O)[C@]1(c2cccc(O)c2)CCCN(C)C1. The number of hydrogen-bond acceptors (Lipinski definition) is 4. The molecule has 0 spiro atoms. The second-order valence-corrected chi connectivity index (χ2v) is 5.19. The van der Waals surface area contributed by atoms with Gasteiger partial charge in [-0.15, -0.1) is 0 Å². The number of nitrogens with zero attached hydrogens (tertiary/aromatic N) is 1. The van der Waals surface area contributed by atoms with E-state index < -0.39 is 5.41 Å². The molecule has 1 fully saturated rings. The lowest BCUT2D eigenvalue weighted by molar-refractivity contribution is -0.152. The largest absolute Gasteiger partial charge is 0.508 e. The molecule has 4 nitrogen and oxygen atoms in total. The molecule has 2 rings (SSSR count). The maximum absolute atomic E-state index is 12.4. The Morgan fingerprint density at radius 1 is 1.53 bits per heavy atom. The maximum Gasteiger partial charge on any atom is 0.317 e. The molecule has 1 aromatic carbocycles. The van der Waals surface area contributed by atoms with Gasteiger partial charge in [-0.2, -0.15) is 0 Å². The molecular weight excluding hydrogens is 242 g/mol. The summed E-state index contributed by atoms with van der Waals surface area (Å²) in [6, 6.07) is 6.97. The molecule has 19 heavy (non-hydrogen) atoms. The van der Waals surface area contributed by atoms with Crippen LogP contribution in [0.25, 0.3) is 0 Å². The highest BCUT2D eigenvalue weighted by Crippen LogP contribution is 2.36. The molecule has 0 aromatic heterocycles. The van der Waals surface area contributed by atoms with Crippen LogP contribution in [0.15, 0.2) is 24.3 Å². The summed E-state index contributed by atoms with van der Waals surface area (Å²) in [5, 5.41) is 9.67. The molecule has 1 aromatic rings. The Bertz CT molecular complexity index is 460. The molecule has 1 N–H and O–H groups in total. The number of likely N-dealkylation sites (N-methyl/N-ethyl adjacent to an activating group) is 1. The molecule has 0 unspecified atom stereocenters. The van der Waals surface area contributed by atoms with Gasteiger partial charge in [0, 0.05) is 6.54 Å². The molecule has 1 aliphatic heterocycles. The van der Waals surface area contributed by atoms with Gasteiger partial charge in [0.1, 0.15) is 11.2 Å². The van der Waals surface area contributed by atoms with Gasteiger partial charge in [0.15, 0.2) is 0 Å². The fraction of sp³-hybridized carbons (Fsp3) is 0.533. The lowest BCUT2D eigenvalue weighted by Gasteiger charge is -2.39. The van der Waals surface area contributed by atoms with Crippen LogP contribution in [0.3, 0.4) is 0 Å². The Hall–Kier alpha value is -1.55. The number of phenolic OH excluding ortho intramolecular Hbond substituents is 1. The molecule has 0 aliphatic carbocycles. The number of phenols is 1. The number of aromatic hydroxyl groups is 1. The quantitative estimate of drug-likeness (QED) is 0.846. The lowest BCUT2D eigenvalue weighted by Crippen LogP contribution is -2.50. The molecule has 104 valence electrons. The minimum Gasteiger partial charge on any atom is -0.508 e. The summed E-state index contributed by atoms with van der Waals surface area (Å²) in [5.74, 6) is 0.00144. The molecule has 4 heteroatoms. The number of hydrogen-bond donors (Lipinski definition) is 1. The van der Waals surface area contributed by atoms with Crippen LogP contribution < -0.4 is 0 Å². The predicted molar refractivity (Wildman–Crippen MR) is 73.1 cm³/mol. The third-order valence-electron chi connectivity index (χ3n) is 3.75. The van der Waals surface area contributed by atoms with Gasteiger partial charge in [-0.05, 0) is 51.1 Å². The van der Waals surface area contributed by atoms with Crippen molar-refractivity contribution >= 4 is 5.97 Å². The average Bonchev–Trinajstić information content (AvgIpc) is 2.39. The lowest BCUT2D eigenvalue weighted by atomic mass is 9.74. The second-order valence-electron chi connectivity index (χ2n) is 5.19. The number of esters is 1. The minimum absolute atomic E-state index is 0.188. The molecule has 0 bridgehead atoms. The third-order valence-corrected chi connectivity index (χ3v) is 3.75. The fourth-order valence-electron chi connectivity index (χ4n) is 2.86. The van der Waals surface area contributed by atoms with Crippen molar-refractivity contribution in [1.82, 2.24) is 4.90 Å². The maximum atomic E-state index is 12.4. The Morgan fingerprint density at radius 3 is 2.95 bits per heavy atom. The van der Waals surface area contributed by atoms with Crippen molar-refractivity contribution in [2.45, 2.75) is 25.2 Å². The van der Waals surface area contributed by atoms with E-state index in [1.807, 2.05) is 20.0 Å². The van der Waals surface area contributed by atoms with Gasteiger partial charge < -0.3 is 14.7 Å². The standard InChI is InChI=1S/C15H21NO3/c1-3-19-14(18)15(8-5-9-16(2)11-15)12-6-4-7-13(17)10-12/h4,6-7,10,17H,3,5,8-9,11H2,1-2H3/t15-/m1/s1. The number of rotatable bonds is 3. The Kier molecular flexibility index (Phi) is 4.10. The predicted octanol–water partition coefficient (Wildman–Crippen LogP) is 1.92. The molecule has 1 saturated heterocycles. The van der Waals surface area contributed by atoms with Crippen molar-refractivity contribution in [3.05, 3.63) is 29.8 Å². The smallest absolute Gasteiger partial charge is 0.317 e. The first-order valence-electron chi connectivity index (χ1n) is 6.74. The number of piperidine rings is 1. The molecular formula is C15H21NO3. The highest BCUT2D eigenvalue weighted by molar-refractivity contribution is 5.84. The monoisotopic (exact) mass is 263 g/mol. The van der Waals surface area contributed by atoms with Crippen LogP contribution in [-0.2, 0) is 14.9 Å². The molecule has 1 heterocycles. The van der Waals surface area contributed by atoms with E-state index in [4.69, 9.17) is 4.74 Å². The van der Waals surface area contributed by atoms with E-state index in [-0.39, 0.29) is 11.7 Å². The summed E-state index contributed by atoms with van der Waals surface area (Å²) in [4.78, 5) is 14.6. The van der Waals surface area contributed by atoms with Gasteiger partial charge in [0.05, 0.1) is 6.61 Å². The van der Waals surface area contributed by atoms with Gasteiger partial charge in [-0.25, -0.2) is 0 Å². The number of likely N-dealkylation sites (tertiary alicyclic amines) is 1. The molecule has 0 saturated carbocycles. The summed E-state index contributed by atoms with van der Waals surface area (Å²) in [6.45, 7) is 3.82. The Morgan fingerprint density at radius 2 is 2.32 bits per heavy atom. The van der Waals surface area contributed by atoms with E-state index in [9.17, 15) is 9.90 Å². The van der Waals surface area contributed by atoms with Crippen molar-refractivity contribution < 1.29 is 14.6 Å². The van der Waals surface area contributed by atoms with E-state index in [0.717, 1.165) is 24.9 Å². The minimum atomic E-state index is -0.651. The first-order chi connectivity index (χ1) is 9.08. The zero-order valence-corrected chi connectivity index (χ0v) is 11.6. The van der Waals surface area contributed by atoms with Crippen LogP contribution in [0, 0.1) is 0 Å². The van der Waals surface area contributed by atoms with Crippen molar-refractivity contribution in [2.75, 3.05) is 26.7 Å². The topological polar surface area (TPSA) is 49.8 Å². The van der Waals surface area contributed by atoms with E-state index >= 15 is 0 Å². The number of carbonyl (C=O) groups excluding carboxylic acids is 1. The summed E-state index contributed by atoms with van der Waals surface area (Å²) >= 11 is 0. The average molecular weight is 263 g/mol. The highest BCUT2D eigenvalue weighted by atomic mass is 16.5. The van der Waals surface area contributed by atoms with E-state index in [0.29, 0.717) is 13.2 Å². The molecule has 1 aliphatic rings. The first kappa shape index (κ1) is 13.9. The van der Waals surface area contributed by atoms with Crippen molar-refractivity contribution in [1.29, 1.82) is 0 Å². The van der Waals surface area contributed by atoms with Crippen LogP contribution in [0.1, 0.15) is 25.3 Å². The second kappa shape index (κ2) is 5.61. The number of carbonyl (C=O) groups is 1. The third kappa shape index (κ3) is 2.73. The summed E-state index contributed by atoms with van der Waals surface area (Å²) in [7, 11) is 2.01. The van der Waals surface area contributed by atoms with Crippen molar-refractivity contribution in [2.24, 2.45) is 0 Å². The fourth-order valence-corrected chi connectivity index (χ4v) is 2.86. The highest BCUT2D eigenvalue weighted by Gasteiger charge is 2.44. The van der Waals surface area contributed by atoms with Gasteiger partial charge in [-0.3, -0.25) is 4.79 Å². The first-order valence-corrected chi connectivity index (χ1v) is 6.74. The van der Waals surface area contributed by atoms with Gasteiger partial charge in [0.25, 0.3) is 0 Å². The van der Waals surface area contributed by atoms with Crippen molar-refractivity contribution in [3.63, 3.8) is 0 Å². The zero-order valence-electron chi connectivity index (χ0n) is 11.6. The number of benzene rings is 1. The summed E-state index contributed by atoms with van der Waals surface area (Å²) < 4.78 is 5.28. The van der Waals surface area contributed by atoms with Crippen LogP contribution in [0.4, 0.5) is 0 Å². The number of ether oxygens (including phenoxy) is 1. The van der Waals surface area contributed by atoms with E-state index in [2.05, 4.69) is 4.90 Å². The van der Waals surface area contributed by atoms with Crippen LogP contribution in [0.2, 0.25) is 0 Å². The van der Waals surface area contributed by atoms with E-state index in [1.54, 1.807) is 18.2 Å². The van der Waals surface area contributed by atoms with Crippen LogP contribution in [-0.4, -0.2) is 42.7 Å². The summed E-state index contributed by atoms with van der Waals surface area (Å²) in [5.41, 5.74) is 0.194. The Labute approximate surface area is 114 Å². The Balaban J connectivity index is 2.41. The van der Waals surface area contributed by atoms with Gasteiger partial charge in [0.2, 0.25) is 0 Å². The molecule has 1 atom stereocenters. The zero-order chi connectivity index (χ0) is 13.9. The van der Waals surface area contributed by atoms with Crippen LogP contribution in [0.5, 0.6) is 5.75 Å². The molecule has 0 amide bonds. The van der Waals surface area contributed by atoms with Gasteiger partial charge >= 0.3 is 5.97 Å².